The molecule has 0 aliphatic carbocycles. The van der Waals surface area contributed by atoms with Crippen molar-refractivity contribution in [3.05, 3.63) is 66.1 Å². The molecule has 3 heterocycles. The van der Waals surface area contributed by atoms with Crippen molar-refractivity contribution in [1.29, 1.82) is 0 Å². The van der Waals surface area contributed by atoms with Gasteiger partial charge in [0.1, 0.15) is 11.9 Å². The number of nitrogens with one attached hydrogen (secondary N) is 2. The lowest BCUT2D eigenvalue weighted by molar-refractivity contribution is -0.0136. The van der Waals surface area contributed by atoms with Gasteiger partial charge < -0.3 is 14.8 Å². The fourth-order valence-electron chi connectivity index (χ4n) is 3.16. The van der Waals surface area contributed by atoms with Crippen LogP contribution >= 0.6 is 0 Å². The van der Waals surface area contributed by atoms with Crippen LogP contribution < -0.4 is 10.1 Å². The van der Waals surface area contributed by atoms with Crippen molar-refractivity contribution in [1.82, 2.24) is 20.5 Å². The van der Waals surface area contributed by atoms with E-state index in [1.165, 1.54) is 0 Å². The highest BCUT2D eigenvalue weighted by molar-refractivity contribution is 5.94. The molecule has 0 unspecified atom stereocenters. The summed E-state index contributed by atoms with van der Waals surface area (Å²) in [5.74, 6) is 0.544. The molecular formula is C21H22N4O3. The Kier molecular flexibility index (Phi) is 5.34. The molecule has 7 nitrogen and oxygen atoms in total. The molecule has 0 bridgehead atoms. The predicted octanol–water partition coefficient (Wildman–Crippen LogP) is 2.75. The van der Waals surface area contributed by atoms with Gasteiger partial charge in [0.25, 0.3) is 5.91 Å². The topological polar surface area (TPSA) is 89.1 Å². The maximum absolute atomic E-state index is 12.7. The third kappa shape index (κ3) is 4.20. The van der Waals surface area contributed by atoms with Crippen LogP contribution in [0.2, 0.25) is 0 Å². The number of hydrogen-bond donors (Lipinski definition) is 2. The van der Waals surface area contributed by atoms with Gasteiger partial charge >= 0.3 is 0 Å². The summed E-state index contributed by atoms with van der Waals surface area (Å²) in [5.41, 5.74) is 3.42. The first-order chi connectivity index (χ1) is 13.7. The Morgan fingerprint density at radius 3 is 2.79 bits per heavy atom. The molecule has 0 radical (unpaired) electrons. The lowest BCUT2D eigenvalue weighted by Gasteiger charge is -2.32. The zero-order chi connectivity index (χ0) is 19.3. The highest BCUT2D eigenvalue weighted by Gasteiger charge is 2.29. The number of ether oxygens (including phenoxy) is 2. The van der Waals surface area contributed by atoms with Crippen molar-refractivity contribution < 1.29 is 14.3 Å². The average molecular weight is 378 g/mol. The number of rotatable bonds is 5. The molecule has 2 aromatic heterocycles. The van der Waals surface area contributed by atoms with E-state index in [-0.39, 0.29) is 18.1 Å². The molecule has 4 rings (SSSR count). The quantitative estimate of drug-likeness (QED) is 0.713. The Balaban J connectivity index is 1.42. The molecule has 28 heavy (non-hydrogen) atoms. The molecule has 1 fully saturated rings. The van der Waals surface area contributed by atoms with Gasteiger partial charge in [-0.3, -0.25) is 14.9 Å². The number of carbonyl (C=O) groups is 1. The van der Waals surface area contributed by atoms with Crippen LogP contribution in [0, 0.1) is 6.92 Å². The summed E-state index contributed by atoms with van der Waals surface area (Å²) < 4.78 is 11.6. The highest BCUT2D eigenvalue weighted by atomic mass is 16.5. The minimum absolute atomic E-state index is 0.126. The number of H-pyrrole nitrogens is 1. The Morgan fingerprint density at radius 1 is 1.21 bits per heavy atom. The normalized spacial score (nSPS) is 19.2. The molecule has 3 aromatic rings. The maximum atomic E-state index is 12.7. The maximum Gasteiger partial charge on any atom is 0.251 e. The number of aromatic amines is 1. The van der Waals surface area contributed by atoms with Crippen LogP contribution in [0.15, 0.2) is 54.9 Å². The van der Waals surface area contributed by atoms with Crippen LogP contribution in [-0.4, -0.2) is 46.4 Å². The number of pyridine rings is 1. The van der Waals surface area contributed by atoms with Gasteiger partial charge in [-0.1, -0.05) is 12.1 Å². The second-order valence-electron chi connectivity index (χ2n) is 6.78. The molecule has 1 aliphatic rings. The van der Waals surface area contributed by atoms with Gasteiger partial charge in [-0.25, -0.2) is 0 Å². The molecule has 1 amide bonds. The van der Waals surface area contributed by atoms with E-state index in [0.29, 0.717) is 30.9 Å². The van der Waals surface area contributed by atoms with Crippen LogP contribution in [-0.2, 0) is 4.74 Å². The van der Waals surface area contributed by atoms with E-state index < -0.39 is 0 Å². The minimum Gasteiger partial charge on any atom is -0.484 e. The zero-order valence-corrected chi connectivity index (χ0v) is 15.6. The third-order valence-corrected chi connectivity index (χ3v) is 4.75. The van der Waals surface area contributed by atoms with Crippen molar-refractivity contribution in [2.45, 2.75) is 25.5 Å². The number of nitrogens with zero attached hydrogens (tertiary/aromatic N) is 2. The lowest BCUT2D eigenvalue weighted by Crippen LogP contribution is -2.51. The van der Waals surface area contributed by atoms with Gasteiger partial charge in [-0.05, 0) is 49.2 Å². The average Bonchev–Trinajstić information content (AvgIpc) is 3.26. The molecule has 7 heteroatoms. The zero-order valence-electron chi connectivity index (χ0n) is 15.6. The molecular weight excluding hydrogens is 356 g/mol. The van der Waals surface area contributed by atoms with E-state index in [0.717, 1.165) is 17.0 Å². The summed E-state index contributed by atoms with van der Waals surface area (Å²) in [4.78, 5) is 17.0. The summed E-state index contributed by atoms with van der Waals surface area (Å²) >= 11 is 0. The van der Waals surface area contributed by atoms with E-state index in [9.17, 15) is 4.79 Å². The first kappa shape index (κ1) is 18.2. The summed E-state index contributed by atoms with van der Waals surface area (Å²) in [6.45, 7) is 2.95. The Labute approximate surface area is 163 Å². The second-order valence-corrected chi connectivity index (χ2v) is 6.78. The smallest absolute Gasteiger partial charge is 0.251 e. The highest BCUT2D eigenvalue weighted by Crippen LogP contribution is 2.19. The van der Waals surface area contributed by atoms with Crippen molar-refractivity contribution >= 4 is 5.91 Å². The molecule has 0 spiro atoms. The van der Waals surface area contributed by atoms with Crippen LogP contribution in [0.4, 0.5) is 0 Å². The largest absolute Gasteiger partial charge is 0.484 e. The number of aromatic nitrogens is 3. The predicted molar refractivity (Wildman–Crippen MR) is 104 cm³/mol. The van der Waals surface area contributed by atoms with Crippen LogP contribution in [0.25, 0.3) is 11.3 Å². The summed E-state index contributed by atoms with van der Waals surface area (Å²) in [6, 6.07) is 13.0. The van der Waals surface area contributed by atoms with Gasteiger partial charge in [-0.2, -0.15) is 5.10 Å². The number of aryl methyl sites for hydroxylation is 1. The molecule has 2 N–H and O–H groups in total. The fourth-order valence-corrected chi connectivity index (χ4v) is 3.16. The van der Waals surface area contributed by atoms with Gasteiger partial charge in [0.15, 0.2) is 0 Å². The van der Waals surface area contributed by atoms with Gasteiger partial charge in [0.2, 0.25) is 0 Å². The van der Waals surface area contributed by atoms with Crippen molar-refractivity contribution in [3.63, 3.8) is 0 Å². The molecule has 0 saturated carbocycles. The van der Waals surface area contributed by atoms with Crippen LogP contribution in [0.5, 0.6) is 5.75 Å². The van der Waals surface area contributed by atoms with E-state index in [2.05, 4.69) is 20.5 Å². The van der Waals surface area contributed by atoms with Gasteiger partial charge in [0, 0.05) is 24.1 Å². The Hall–Kier alpha value is -3.19. The van der Waals surface area contributed by atoms with Crippen molar-refractivity contribution in [2.75, 3.05) is 13.2 Å². The number of benzene rings is 1. The van der Waals surface area contributed by atoms with Crippen LogP contribution in [0.1, 0.15) is 22.5 Å². The second kappa shape index (κ2) is 8.22. The monoisotopic (exact) mass is 378 g/mol. The molecule has 1 aliphatic heterocycles. The van der Waals surface area contributed by atoms with Crippen molar-refractivity contribution in [2.24, 2.45) is 0 Å². The number of carbonyl (C=O) groups excluding carboxylic acids is 1. The SMILES string of the molecule is Cc1ccc(O[C@@H]2COCC[C@@H]2NC(=O)c2ccc(-c3ccn[nH]3)cc2)cn1. The molecule has 1 aromatic carbocycles. The summed E-state index contributed by atoms with van der Waals surface area (Å²) in [6.07, 6.45) is 3.83. The van der Waals surface area contributed by atoms with Crippen molar-refractivity contribution in [3.8, 4) is 17.0 Å². The number of amides is 1. The molecule has 1 saturated heterocycles. The van der Waals surface area contributed by atoms with Gasteiger partial charge in [0.05, 0.1) is 24.5 Å². The van der Waals surface area contributed by atoms with E-state index in [1.807, 2.05) is 49.4 Å². The lowest BCUT2D eigenvalue weighted by atomic mass is 10.0. The van der Waals surface area contributed by atoms with Gasteiger partial charge in [-0.15, -0.1) is 0 Å². The first-order valence-electron chi connectivity index (χ1n) is 9.27. The minimum atomic E-state index is -0.258. The van der Waals surface area contributed by atoms with E-state index in [4.69, 9.17) is 9.47 Å². The van der Waals surface area contributed by atoms with Crippen LogP contribution in [0.3, 0.4) is 0 Å². The third-order valence-electron chi connectivity index (χ3n) is 4.75. The standard InChI is InChI=1S/C21H22N4O3/c1-14-2-7-17(12-22-14)28-20-13-27-11-9-19(20)24-21(26)16-5-3-15(4-6-16)18-8-10-23-25-18/h2-8,10,12,19-20H,9,11,13H2,1H3,(H,23,25)(H,24,26)/t19-,20+/m0/s1. The first-order valence-corrected chi connectivity index (χ1v) is 9.27. The Bertz CT molecular complexity index is 908. The Morgan fingerprint density at radius 2 is 2.07 bits per heavy atom. The molecule has 2 atom stereocenters. The van der Waals surface area contributed by atoms with E-state index >= 15 is 0 Å². The summed E-state index contributed by atoms with van der Waals surface area (Å²) in [5, 5.41) is 9.95. The van der Waals surface area contributed by atoms with E-state index in [1.54, 1.807) is 12.4 Å². The number of hydrogen-bond acceptors (Lipinski definition) is 5. The summed E-state index contributed by atoms with van der Waals surface area (Å²) in [7, 11) is 0. The fraction of sp³-hybridized carbons (Fsp3) is 0.286. The molecule has 144 valence electrons.